The van der Waals surface area contributed by atoms with Gasteiger partial charge in [0.05, 0.1) is 5.02 Å². The molecule has 0 aliphatic rings. The summed E-state index contributed by atoms with van der Waals surface area (Å²) in [6, 6.07) is 5.40. The average Bonchev–Trinajstić information content (AvgIpc) is 2.44. The van der Waals surface area contributed by atoms with Crippen molar-refractivity contribution in [3.05, 3.63) is 45.6 Å². The van der Waals surface area contributed by atoms with Gasteiger partial charge in [0.2, 0.25) is 5.88 Å². The van der Waals surface area contributed by atoms with E-state index >= 15 is 0 Å². The molecule has 0 radical (unpaired) electrons. The van der Waals surface area contributed by atoms with E-state index in [4.69, 9.17) is 40.2 Å². The number of hydrogen-bond acceptors (Lipinski definition) is 3. The number of benzene rings is 1. The molecule has 0 atom stereocenters. The molecule has 25 heavy (non-hydrogen) atoms. The maximum atomic E-state index is 6.11. The van der Waals surface area contributed by atoms with Crippen LogP contribution in [0, 0.1) is 13.8 Å². The van der Waals surface area contributed by atoms with E-state index in [1.807, 2.05) is 26.0 Å². The van der Waals surface area contributed by atoms with Crippen LogP contribution in [0.15, 0.2) is 24.4 Å². The van der Waals surface area contributed by atoms with Crippen LogP contribution in [0.25, 0.3) is 0 Å². The highest BCUT2D eigenvalue weighted by atomic mass is 35.5. The number of thiocarbonyl (C=S) groups is 1. The highest BCUT2D eigenvalue weighted by Crippen LogP contribution is 2.32. The molecule has 0 amide bonds. The quantitative estimate of drug-likeness (QED) is 0.632. The monoisotopic (exact) mass is 397 g/mol. The third-order valence-electron chi connectivity index (χ3n) is 3.22. The Morgan fingerprint density at radius 2 is 1.72 bits per heavy atom. The SMILES string of the molecule is Cc1cc(Oc2ncc(Cl)cc2Cl)cc(C)c1NC(=S)NC(C)(C)C. The fourth-order valence-electron chi connectivity index (χ4n) is 2.25. The molecule has 2 rings (SSSR count). The van der Waals surface area contributed by atoms with Crippen LogP contribution in [0.3, 0.4) is 0 Å². The minimum Gasteiger partial charge on any atom is -0.438 e. The van der Waals surface area contributed by atoms with E-state index < -0.39 is 0 Å². The van der Waals surface area contributed by atoms with Crippen LogP contribution in [-0.4, -0.2) is 15.6 Å². The van der Waals surface area contributed by atoms with Crippen LogP contribution in [0.4, 0.5) is 5.69 Å². The zero-order valence-corrected chi connectivity index (χ0v) is 17.2. The van der Waals surface area contributed by atoms with Crippen LogP contribution in [0.5, 0.6) is 11.6 Å². The van der Waals surface area contributed by atoms with Crippen LogP contribution >= 0.6 is 35.4 Å². The molecule has 0 bridgehead atoms. The smallest absolute Gasteiger partial charge is 0.238 e. The summed E-state index contributed by atoms with van der Waals surface area (Å²) in [5.74, 6) is 0.961. The summed E-state index contributed by atoms with van der Waals surface area (Å²) in [6.07, 6.45) is 1.50. The first-order chi connectivity index (χ1) is 11.5. The molecule has 1 heterocycles. The lowest BCUT2D eigenvalue weighted by Gasteiger charge is -2.24. The molecule has 0 spiro atoms. The molecule has 0 fully saturated rings. The number of pyridine rings is 1. The number of aromatic nitrogens is 1. The molecule has 2 N–H and O–H groups in total. The molecule has 1 aromatic carbocycles. The highest BCUT2D eigenvalue weighted by molar-refractivity contribution is 7.80. The largest absolute Gasteiger partial charge is 0.438 e. The van der Waals surface area contributed by atoms with Crippen molar-refractivity contribution in [3.63, 3.8) is 0 Å². The number of nitrogens with one attached hydrogen (secondary N) is 2. The van der Waals surface area contributed by atoms with Crippen molar-refractivity contribution in [1.29, 1.82) is 0 Å². The average molecular weight is 398 g/mol. The summed E-state index contributed by atoms with van der Waals surface area (Å²) < 4.78 is 5.79. The molecular formula is C18H21Cl2N3OS. The van der Waals surface area contributed by atoms with Gasteiger partial charge in [-0.2, -0.15) is 0 Å². The van der Waals surface area contributed by atoms with Gasteiger partial charge in [-0.25, -0.2) is 4.98 Å². The Morgan fingerprint density at radius 1 is 1.12 bits per heavy atom. The molecule has 4 nitrogen and oxygen atoms in total. The van der Waals surface area contributed by atoms with Gasteiger partial charge in [-0.05, 0) is 76.2 Å². The Balaban J connectivity index is 2.20. The molecule has 1 aromatic heterocycles. The van der Waals surface area contributed by atoms with E-state index in [0.717, 1.165) is 16.8 Å². The van der Waals surface area contributed by atoms with Gasteiger partial charge in [0, 0.05) is 17.4 Å². The first-order valence-electron chi connectivity index (χ1n) is 7.74. The second kappa shape index (κ2) is 7.77. The first kappa shape index (κ1) is 19.8. The van der Waals surface area contributed by atoms with E-state index in [9.17, 15) is 0 Å². The van der Waals surface area contributed by atoms with Gasteiger partial charge in [-0.15, -0.1) is 0 Å². The third kappa shape index (κ3) is 5.73. The van der Waals surface area contributed by atoms with Crippen LogP contribution in [0.1, 0.15) is 31.9 Å². The van der Waals surface area contributed by atoms with E-state index in [1.165, 1.54) is 6.20 Å². The lowest BCUT2D eigenvalue weighted by atomic mass is 10.1. The molecule has 0 saturated heterocycles. The topological polar surface area (TPSA) is 46.2 Å². The third-order valence-corrected chi connectivity index (χ3v) is 3.90. The Labute approximate surface area is 163 Å². The Kier molecular flexibility index (Phi) is 6.14. The second-order valence-electron chi connectivity index (χ2n) is 6.80. The summed E-state index contributed by atoms with van der Waals surface area (Å²) in [4.78, 5) is 4.11. The number of rotatable bonds is 3. The molecule has 0 aliphatic heterocycles. The van der Waals surface area contributed by atoms with E-state index in [2.05, 4.69) is 36.4 Å². The number of aryl methyl sites for hydroxylation is 2. The molecule has 0 unspecified atom stereocenters. The van der Waals surface area contributed by atoms with E-state index in [0.29, 0.717) is 26.8 Å². The van der Waals surface area contributed by atoms with Crippen molar-refractivity contribution < 1.29 is 4.74 Å². The zero-order valence-electron chi connectivity index (χ0n) is 14.8. The Hall–Kier alpha value is -1.56. The normalized spacial score (nSPS) is 11.2. The van der Waals surface area contributed by atoms with Crippen molar-refractivity contribution in [2.45, 2.75) is 40.2 Å². The molecule has 2 aromatic rings. The van der Waals surface area contributed by atoms with Gasteiger partial charge in [0.15, 0.2) is 5.11 Å². The number of hydrogen-bond donors (Lipinski definition) is 2. The fraction of sp³-hybridized carbons (Fsp3) is 0.333. The summed E-state index contributed by atoms with van der Waals surface area (Å²) in [6.45, 7) is 10.1. The molecule has 134 valence electrons. The molecule has 7 heteroatoms. The van der Waals surface area contributed by atoms with Gasteiger partial charge in [0.1, 0.15) is 10.8 Å². The number of ether oxygens (including phenoxy) is 1. The van der Waals surface area contributed by atoms with Gasteiger partial charge in [-0.1, -0.05) is 23.2 Å². The van der Waals surface area contributed by atoms with Gasteiger partial charge >= 0.3 is 0 Å². The summed E-state index contributed by atoms with van der Waals surface area (Å²) in [5, 5.41) is 7.89. The van der Waals surface area contributed by atoms with Crippen molar-refractivity contribution in [2.75, 3.05) is 5.32 Å². The summed E-state index contributed by atoms with van der Waals surface area (Å²) in [5.41, 5.74) is 2.84. The number of nitrogens with zero attached hydrogens (tertiary/aromatic N) is 1. The lowest BCUT2D eigenvalue weighted by Crippen LogP contribution is -2.43. The van der Waals surface area contributed by atoms with Crippen molar-refractivity contribution in [3.8, 4) is 11.6 Å². The van der Waals surface area contributed by atoms with E-state index in [-0.39, 0.29) is 5.54 Å². The highest BCUT2D eigenvalue weighted by Gasteiger charge is 2.14. The maximum Gasteiger partial charge on any atom is 0.238 e. The van der Waals surface area contributed by atoms with Crippen LogP contribution < -0.4 is 15.4 Å². The molecule has 0 aliphatic carbocycles. The number of halogens is 2. The lowest BCUT2D eigenvalue weighted by molar-refractivity contribution is 0.462. The maximum absolute atomic E-state index is 6.11. The van der Waals surface area contributed by atoms with Crippen molar-refractivity contribution in [1.82, 2.24) is 10.3 Å². The standard InChI is InChI=1S/C18H21Cl2N3OS/c1-10-6-13(24-16-14(20)8-12(19)9-21-16)7-11(2)15(10)22-17(25)23-18(3,4)5/h6-9H,1-5H3,(H2,22,23,25). The van der Waals surface area contributed by atoms with E-state index in [1.54, 1.807) is 6.07 Å². The van der Waals surface area contributed by atoms with Crippen LogP contribution in [-0.2, 0) is 0 Å². The van der Waals surface area contributed by atoms with Crippen molar-refractivity contribution >= 4 is 46.2 Å². The second-order valence-corrected chi connectivity index (χ2v) is 8.06. The van der Waals surface area contributed by atoms with Crippen LogP contribution in [0.2, 0.25) is 10.0 Å². The summed E-state index contributed by atoms with van der Waals surface area (Å²) >= 11 is 17.3. The summed E-state index contributed by atoms with van der Waals surface area (Å²) in [7, 11) is 0. The Bertz CT molecular complexity index is 780. The van der Waals surface area contributed by atoms with Gasteiger partial charge in [-0.3, -0.25) is 0 Å². The first-order valence-corrected chi connectivity index (χ1v) is 8.91. The fourth-order valence-corrected chi connectivity index (χ4v) is 3.08. The van der Waals surface area contributed by atoms with Crippen molar-refractivity contribution in [2.24, 2.45) is 0 Å². The van der Waals surface area contributed by atoms with Gasteiger partial charge in [0.25, 0.3) is 0 Å². The minimum atomic E-state index is -0.105. The molecule has 0 saturated carbocycles. The predicted octanol–water partition coefficient (Wildman–Crippen LogP) is 5.88. The predicted molar refractivity (Wildman–Crippen MR) is 109 cm³/mol. The Morgan fingerprint density at radius 3 is 2.24 bits per heavy atom. The van der Waals surface area contributed by atoms with Gasteiger partial charge < -0.3 is 15.4 Å². The molecular weight excluding hydrogens is 377 g/mol. The zero-order chi connectivity index (χ0) is 18.8. The minimum absolute atomic E-state index is 0.105. The number of anilines is 1.